The molecule has 142 valence electrons. The van der Waals surface area contributed by atoms with Crippen molar-refractivity contribution in [1.29, 1.82) is 10.5 Å². The highest BCUT2D eigenvalue weighted by molar-refractivity contribution is 6.31. The lowest BCUT2D eigenvalue weighted by molar-refractivity contribution is 0.317. The van der Waals surface area contributed by atoms with Crippen LogP contribution in [-0.4, -0.2) is 22.7 Å². The first kappa shape index (κ1) is 18.9. The number of benzene rings is 1. The number of hydrogen-bond acceptors (Lipinski definition) is 10. The number of aliphatic imine (C=N–C) groups is 1. The van der Waals surface area contributed by atoms with Crippen LogP contribution < -0.4 is 26.8 Å². The largest absolute Gasteiger partial charge is 0.504 e. The third-order valence-electron chi connectivity index (χ3n) is 4.03. The van der Waals surface area contributed by atoms with Crippen molar-refractivity contribution in [1.82, 2.24) is 10.3 Å². The zero-order chi connectivity index (χ0) is 20.4. The molecule has 0 bridgehead atoms. The van der Waals surface area contributed by atoms with E-state index >= 15 is 0 Å². The average molecular weight is 399 g/mol. The molecule has 0 fully saturated rings. The van der Waals surface area contributed by atoms with E-state index in [0.717, 1.165) is 0 Å². The van der Waals surface area contributed by atoms with Gasteiger partial charge in [-0.05, 0) is 13.0 Å². The van der Waals surface area contributed by atoms with E-state index in [2.05, 4.69) is 20.6 Å². The van der Waals surface area contributed by atoms with Crippen LogP contribution in [0.4, 0.5) is 17.3 Å². The Morgan fingerprint density at radius 3 is 2.79 bits per heavy atom. The van der Waals surface area contributed by atoms with Crippen LogP contribution >= 0.6 is 11.6 Å². The van der Waals surface area contributed by atoms with Gasteiger partial charge in [0.05, 0.1) is 17.3 Å². The summed E-state index contributed by atoms with van der Waals surface area (Å²) in [6.45, 7) is 2.09. The Labute approximate surface area is 165 Å². The third-order valence-corrected chi connectivity index (χ3v) is 4.36. The van der Waals surface area contributed by atoms with Gasteiger partial charge in [-0.1, -0.05) is 11.6 Å². The maximum Gasteiger partial charge on any atom is 0.211 e. The molecule has 0 radical (unpaired) electrons. The van der Waals surface area contributed by atoms with E-state index in [1.54, 1.807) is 13.1 Å². The number of phenols is 1. The van der Waals surface area contributed by atoms with Crippen molar-refractivity contribution in [2.75, 3.05) is 23.4 Å². The van der Waals surface area contributed by atoms with Gasteiger partial charge in [-0.3, -0.25) is 5.32 Å². The van der Waals surface area contributed by atoms with Crippen molar-refractivity contribution in [2.24, 2.45) is 4.99 Å². The van der Waals surface area contributed by atoms with E-state index < -0.39 is 6.04 Å². The van der Waals surface area contributed by atoms with Crippen LogP contribution in [0.3, 0.4) is 0 Å². The van der Waals surface area contributed by atoms with Gasteiger partial charge in [0.1, 0.15) is 29.3 Å². The van der Waals surface area contributed by atoms with Crippen LogP contribution in [0.25, 0.3) is 0 Å². The Kier molecular flexibility index (Phi) is 4.98. The SMILES string of the molecule is CCOc1cc(C2N=C(NC#N)Nc3nc(N)c(C#N)c(N)c32)c(Cl)cc1O. The Balaban J connectivity index is 2.28. The smallest absolute Gasteiger partial charge is 0.211 e. The van der Waals surface area contributed by atoms with Crippen LogP contribution in [0.15, 0.2) is 17.1 Å². The molecule has 7 N–H and O–H groups in total. The molecule has 0 saturated carbocycles. The minimum absolute atomic E-state index is 0.0115. The molecule has 1 aliphatic heterocycles. The van der Waals surface area contributed by atoms with Crippen LogP contribution in [0.2, 0.25) is 5.02 Å². The fourth-order valence-electron chi connectivity index (χ4n) is 2.85. The highest BCUT2D eigenvalue weighted by atomic mass is 35.5. The Bertz CT molecular complexity index is 1070. The predicted molar refractivity (Wildman–Crippen MR) is 104 cm³/mol. The molecule has 11 heteroatoms. The standard InChI is InChI=1S/C17H15ClN8O2/c1-2-28-11-3-7(9(18)4-10(11)27)14-12-13(21)8(5-19)15(22)25-16(12)26-17(24-14)23-6-20/h3-4,14,27H,2H2,1H3,(H6,21,22,23,24,25,26). The summed E-state index contributed by atoms with van der Waals surface area (Å²) in [7, 11) is 0. The lowest BCUT2D eigenvalue weighted by atomic mass is 9.94. The molecule has 3 rings (SSSR count). The van der Waals surface area contributed by atoms with Gasteiger partial charge in [0, 0.05) is 17.2 Å². The Morgan fingerprint density at radius 1 is 1.39 bits per heavy atom. The number of nitrogens with two attached hydrogens (primary N) is 2. The van der Waals surface area contributed by atoms with E-state index in [1.807, 2.05) is 6.07 Å². The van der Waals surface area contributed by atoms with Gasteiger partial charge in [-0.2, -0.15) is 10.5 Å². The lowest BCUT2D eigenvalue weighted by Gasteiger charge is -2.27. The van der Waals surface area contributed by atoms with Gasteiger partial charge in [-0.15, -0.1) is 0 Å². The van der Waals surface area contributed by atoms with Crippen molar-refractivity contribution in [2.45, 2.75) is 13.0 Å². The number of nitrogen functional groups attached to an aromatic ring is 2. The average Bonchev–Trinajstić information content (AvgIpc) is 2.64. The summed E-state index contributed by atoms with van der Waals surface area (Å²) in [5.74, 6) is 0.335. The number of hydrogen-bond donors (Lipinski definition) is 5. The summed E-state index contributed by atoms with van der Waals surface area (Å²) in [6.07, 6.45) is 1.76. The van der Waals surface area contributed by atoms with Crippen molar-refractivity contribution in [3.63, 3.8) is 0 Å². The monoisotopic (exact) mass is 398 g/mol. The number of rotatable bonds is 3. The third kappa shape index (κ3) is 3.13. The summed E-state index contributed by atoms with van der Waals surface area (Å²) in [5, 5.41) is 33.7. The molecule has 28 heavy (non-hydrogen) atoms. The van der Waals surface area contributed by atoms with Gasteiger partial charge in [0.2, 0.25) is 5.96 Å². The van der Waals surface area contributed by atoms with Crippen LogP contribution in [0, 0.1) is 22.8 Å². The quantitative estimate of drug-likeness (QED) is 0.380. The second-order valence-electron chi connectivity index (χ2n) is 5.68. The summed E-state index contributed by atoms with van der Waals surface area (Å²) >= 11 is 6.34. The molecule has 0 amide bonds. The summed E-state index contributed by atoms with van der Waals surface area (Å²) in [5.41, 5.74) is 12.9. The first-order valence-corrected chi connectivity index (χ1v) is 8.43. The van der Waals surface area contributed by atoms with Crippen molar-refractivity contribution >= 4 is 34.9 Å². The molecule has 1 aliphatic rings. The summed E-state index contributed by atoms with van der Waals surface area (Å²) < 4.78 is 5.42. The lowest BCUT2D eigenvalue weighted by Crippen LogP contribution is -2.32. The maximum atomic E-state index is 10.0. The van der Waals surface area contributed by atoms with E-state index in [1.165, 1.54) is 12.1 Å². The first-order chi connectivity index (χ1) is 13.4. The van der Waals surface area contributed by atoms with Gasteiger partial charge < -0.3 is 26.6 Å². The van der Waals surface area contributed by atoms with Crippen LogP contribution in [0.1, 0.15) is 29.7 Å². The van der Waals surface area contributed by atoms with Gasteiger partial charge in [0.15, 0.2) is 17.7 Å². The second-order valence-corrected chi connectivity index (χ2v) is 6.08. The normalized spacial score (nSPS) is 14.7. The number of phenolic OH excluding ortho intramolecular Hbond substituents is 1. The number of aromatic hydroxyl groups is 1. The molecular formula is C17H15ClN8O2. The van der Waals surface area contributed by atoms with Crippen molar-refractivity contribution in [3.05, 3.63) is 33.8 Å². The first-order valence-electron chi connectivity index (χ1n) is 8.05. The van der Waals surface area contributed by atoms with Gasteiger partial charge in [0.25, 0.3) is 0 Å². The molecule has 2 heterocycles. The second kappa shape index (κ2) is 7.39. The Morgan fingerprint density at radius 2 is 2.14 bits per heavy atom. The number of ether oxygens (including phenoxy) is 1. The van der Waals surface area contributed by atoms with Crippen LogP contribution in [-0.2, 0) is 0 Å². The summed E-state index contributed by atoms with van der Waals surface area (Å²) in [6, 6.07) is 3.94. The number of anilines is 3. The van der Waals surface area contributed by atoms with Crippen LogP contribution in [0.5, 0.6) is 11.5 Å². The number of nitrogens with zero attached hydrogens (tertiary/aromatic N) is 4. The molecule has 1 unspecified atom stereocenters. The number of guanidine groups is 1. The molecule has 1 aromatic carbocycles. The number of fused-ring (bicyclic) bond motifs is 1. The van der Waals surface area contributed by atoms with Crippen molar-refractivity contribution in [3.8, 4) is 23.8 Å². The number of nitriles is 2. The van der Waals surface area contributed by atoms with E-state index in [9.17, 15) is 10.4 Å². The number of nitrogens with one attached hydrogen (secondary N) is 2. The number of halogens is 1. The highest BCUT2D eigenvalue weighted by Gasteiger charge is 2.31. The molecule has 1 aromatic heterocycles. The topological polar surface area (TPSA) is 178 Å². The summed E-state index contributed by atoms with van der Waals surface area (Å²) in [4.78, 5) is 8.59. The molecule has 0 saturated heterocycles. The molecule has 1 atom stereocenters. The Hall–Kier alpha value is -3.89. The molecule has 0 spiro atoms. The zero-order valence-corrected chi connectivity index (χ0v) is 15.4. The van der Waals surface area contributed by atoms with Crippen molar-refractivity contribution < 1.29 is 9.84 Å². The minimum Gasteiger partial charge on any atom is -0.504 e. The highest BCUT2D eigenvalue weighted by Crippen LogP contribution is 2.45. The number of pyridine rings is 1. The zero-order valence-electron chi connectivity index (χ0n) is 14.6. The fraction of sp³-hybridized carbons (Fsp3) is 0.176. The van der Waals surface area contributed by atoms with Gasteiger partial charge in [-0.25, -0.2) is 9.98 Å². The number of aromatic nitrogens is 1. The molecular weight excluding hydrogens is 384 g/mol. The molecule has 10 nitrogen and oxygen atoms in total. The van der Waals surface area contributed by atoms with E-state index in [0.29, 0.717) is 17.7 Å². The minimum atomic E-state index is -0.834. The van der Waals surface area contributed by atoms with E-state index in [4.69, 9.17) is 33.1 Å². The maximum absolute atomic E-state index is 10.0. The molecule has 0 aliphatic carbocycles. The molecule has 2 aromatic rings. The predicted octanol–water partition coefficient (Wildman–Crippen LogP) is 1.82. The van der Waals surface area contributed by atoms with E-state index in [-0.39, 0.29) is 45.4 Å². The fourth-order valence-corrected chi connectivity index (χ4v) is 3.11. The van der Waals surface area contributed by atoms with Gasteiger partial charge >= 0.3 is 0 Å².